The Balaban J connectivity index is 1.81. The molecule has 1 aromatic rings. The maximum Gasteiger partial charge on any atom is 0.318 e. The molecule has 1 atom stereocenters. The smallest absolute Gasteiger partial charge is 0.318 e. The summed E-state index contributed by atoms with van der Waals surface area (Å²) in [6.07, 6.45) is 5.53. The van der Waals surface area contributed by atoms with Gasteiger partial charge in [0.25, 0.3) is 11.8 Å². The molecule has 3 rings (SSSR count). The molecule has 0 spiro atoms. The molecular weight excluding hydrogens is 392 g/mol. The van der Waals surface area contributed by atoms with E-state index in [4.69, 9.17) is 0 Å². The molecule has 2 heterocycles. The maximum atomic E-state index is 13.3. The van der Waals surface area contributed by atoms with Crippen molar-refractivity contribution >= 4 is 17.8 Å². The van der Waals surface area contributed by atoms with Crippen LogP contribution < -0.4 is 16.0 Å². The van der Waals surface area contributed by atoms with Crippen molar-refractivity contribution < 1.29 is 14.4 Å². The van der Waals surface area contributed by atoms with Gasteiger partial charge in [-0.3, -0.25) is 14.9 Å². The van der Waals surface area contributed by atoms with Crippen molar-refractivity contribution in [3.05, 3.63) is 47.0 Å². The fourth-order valence-electron chi connectivity index (χ4n) is 4.66. The molecule has 1 fully saturated rings. The summed E-state index contributed by atoms with van der Waals surface area (Å²) in [5.41, 5.74) is 1.21. The zero-order chi connectivity index (χ0) is 22.3. The van der Waals surface area contributed by atoms with Crippen LogP contribution in [0.5, 0.6) is 0 Å². The monoisotopic (exact) mass is 426 g/mol. The van der Waals surface area contributed by atoms with Crippen molar-refractivity contribution in [2.75, 3.05) is 26.2 Å². The van der Waals surface area contributed by atoms with Crippen LogP contribution in [0.1, 0.15) is 51.5 Å². The SMILES string of the molecule is CCCCCCC1(C2=C(C)C(=O)NC2=O)CNCCN1C(=O)NCCc1ccccc1. The lowest BCUT2D eigenvalue weighted by molar-refractivity contribution is -0.124. The van der Waals surface area contributed by atoms with Gasteiger partial charge < -0.3 is 15.5 Å². The van der Waals surface area contributed by atoms with Crippen LogP contribution in [0.15, 0.2) is 41.5 Å². The van der Waals surface area contributed by atoms with Crippen molar-refractivity contribution in [3.63, 3.8) is 0 Å². The minimum Gasteiger partial charge on any atom is -0.338 e. The van der Waals surface area contributed by atoms with Crippen molar-refractivity contribution in [1.82, 2.24) is 20.9 Å². The first-order chi connectivity index (χ1) is 15.0. The molecule has 1 aromatic carbocycles. The van der Waals surface area contributed by atoms with E-state index in [1.165, 1.54) is 0 Å². The van der Waals surface area contributed by atoms with Crippen LogP contribution in [0, 0.1) is 0 Å². The van der Waals surface area contributed by atoms with Gasteiger partial charge in [-0.05, 0) is 25.3 Å². The molecule has 7 heteroatoms. The van der Waals surface area contributed by atoms with Crippen LogP contribution in [0.3, 0.4) is 0 Å². The van der Waals surface area contributed by atoms with Gasteiger partial charge in [-0.15, -0.1) is 0 Å². The van der Waals surface area contributed by atoms with E-state index in [1.54, 1.807) is 11.8 Å². The molecular formula is C24H34N4O3. The third kappa shape index (κ3) is 5.15. The van der Waals surface area contributed by atoms with Gasteiger partial charge in [0.05, 0.1) is 11.1 Å². The molecule has 0 bridgehead atoms. The van der Waals surface area contributed by atoms with Crippen molar-refractivity contribution in [2.24, 2.45) is 0 Å². The number of hydrogen-bond acceptors (Lipinski definition) is 4. The maximum absolute atomic E-state index is 13.3. The summed E-state index contributed by atoms with van der Waals surface area (Å²) in [6.45, 7) is 5.97. The molecule has 1 saturated heterocycles. The summed E-state index contributed by atoms with van der Waals surface area (Å²) in [4.78, 5) is 40.1. The minimum absolute atomic E-state index is 0.180. The molecule has 2 aliphatic rings. The zero-order valence-electron chi connectivity index (χ0n) is 18.6. The van der Waals surface area contributed by atoms with Crippen molar-refractivity contribution in [2.45, 2.75) is 57.9 Å². The highest BCUT2D eigenvalue weighted by molar-refractivity contribution is 6.20. The Morgan fingerprint density at radius 1 is 1.13 bits per heavy atom. The number of rotatable bonds is 9. The van der Waals surface area contributed by atoms with E-state index in [1.807, 2.05) is 30.3 Å². The Bertz CT molecular complexity index is 836. The Kier molecular flexibility index (Phi) is 7.85. The van der Waals surface area contributed by atoms with Gasteiger partial charge >= 0.3 is 6.03 Å². The van der Waals surface area contributed by atoms with Crippen LogP contribution in [0.25, 0.3) is 0 Å². The third-order valence-corrected chi connectivity index (χ3v) is 6.30. The second-order valence-electron chi connectivity index (χ2n) is 8.42. The molecule has 0 aliphatic carbocycles. The average Bonchev–Trinajstić information content (AvgIpc) is 3.03. The molecule has 0 aromatic heterocycles. The first kappa shape index (κ1) is 23.0. The fourth-order valence-corrected chi connectivity index (χ4v) is 4.66. The highest BCUT2D eigenvalue weighted by Crippen LogP contribution is 2.36. The molecule has 0 saturated carbocycles. The molecule has 2 aliphatic heterocycles. The van der Waals surface area contributed by atoms with Gasteiger partial charge in [-0.1, -0.05) is 62.9 Å². The molecule has 0 radical (unpaired) electrons. The van der Waals surface area contributed by atoms with Crippen molar-refractivity contribution in [3.8, 4) is 0 Å². The standard InChI is InChI=1S/C24H34N4O3/c1-3-4-5-9-13-24(20-18(2)21(29)27-22(20)30)17-25-15-16-28(24)23(31)26-14-12-19-10-7-6-8-11-19/h6-8,10-11,25H,3-5,9,12-17H2,1-2H3,(H,26,31)(H,27,29,30). The highest BCUT2D eigenvalue weighted by Gasteiger charge is 2.50. The van der Waals surface area contributed by atoms with Crippen LogP contribution in [-0.2, 0) is 16.0 Å². The quantitative estimate of drug-likeness (QED) is 0.418. The first-order valence-electron chi connectivity index (χ1n) is 11.4. The number of urea groups is 1. The number of unbranched alkanes of at least 4 members (excludes halogenated alkanes) is 3. The number of amides is 4. The van der Waals surface area contributed by atoms with Crippen LogP contribution in [0.4, 0.5) is 4.79 Å². The molecule has 1 unspecified atom stereocenters. The Labute approximate surface area is 184 Å². The van der Waals surface area contributed by atoms with Gasteiger partial charge in [0, 0.05) is 31.8 Å². The number of piperazine rings is 1. The first-order valence-corrected chi connectivity index (χ1v) is 11.4. The van der Waals surface area contributed by atoms with E-state index in [0.29, 0.717) is 43.7 Å². The normalized spacial score (nSPS) is 21.4. The van der Waals surface area contributed by atoms with Gasteiger partial charge in [0.1, 0.15) is 0 Å². The Morgan fingerprint density at radius 3 is 2.58 bits per heavy atom. The second kappa shape index (κ2) is 10.6. The molecule has 7 nitrogen and oxygen atoms in total. The summed E-state index contributed by atoms with van der Waals surface area (Å²) in [7, 11) is 0. The molecule has 31 heavy (non-hydrogen) atoms. The number of hydrogen-bond donors (Lipinski definition) is 3. The molecule has 4 amide bonds. The number of imide groups is 1. The highest BCUT2D eigenvalue weighted by atomic mass is 16.2. The fraction of sp³-hybridized carbons (Fsp3) is 0.542. The molecule has 3 N–H and O–H groups in total. The van der Waals surface area contributed by atoms with Gasteiger partial charge in [-0.2, -0.15) is 0 Å². The van der Waals surface area contributed by atoms with E-state index >= 15 is 0 Å². The predicted molar refractivity (Wildman–Crippen MR) is 120 cm³/mol. The number of nitrogens with zero attached hydrogens (tertiary/aromatic N) is 1. The number of benzene rings is 1. The summed E-state index contributed by atoms with van der Waals surface area (Å²) < 4.78 is 0. The van der Waals surface area contributed by atoms with E-state index in [-0.39, 0.29) is 17.8 Å². The van der Waals surface area contributed by atoms with Gasteiger partial charge in [0.15, 0.2) is 0 Å². The number of carbonyl (C=O) groups is 3. The zero-order valence-corrected chi connectivity index (χ0v) is 18.6. The summed E-state index contributed by atoms with van der Waals surface area (Å²) in [5.74, 6) is -0.730. The second-order valence-corrected chi connectivity index (χ2v) is 8.42. The minimum atomic E-state index is -0.816. The van der Waals surface area contributed by atoms with E-state index in [9.17, 15) is 14.4 Å². The Hall–Kier alpha value is -2.67. The predicted octanol–water partition coefficient (Wildman–Crippen LogP) is 2.53. The van der Waals surface area contributed by atoms with Crippen molar-refractivity contribution in [1.29, 1.82) is 0 Å². The summed E-state index contributed by atoms with van der Waals surface area (Å²) >= 11 is 0. The van der Waals surface area contributed by atoms with E-state index in [0.717, 1.165) is 37.7 Å². The summed E-state index contributed by atoms with van der Waals surface area (Å²) in [5, 5.41) is 8.84. The van der Waals surface area contributed by atoms with Gasteiger partial charge in [0.2, 0.25) is 0 Å². The average molecular weight is 427 g/mol. The van der Waals surface area contributed by atoms with E-state index in [2.05, 4.69) is 22.9 Å². The number of nitrogens with one attached hydrogen (secondary N) is 3. The lowest BCUT2D eigenvalue weighted by Crippen LogP contribution is -2.66. The lowest BCUT2D eigenvalue weighted by atomic mass is 9.79. The van der Waals surface area contributed by atoms with Gasteiger partial charge in [-0.25, -0.2) is 4.79 Å². The van der Waals surface area contributed by atoms with E-state index < -0.39 is 5.54 Å². The summed E-state index contributed by atoms with van der Waals surface area (Å²) in [6, 6.07) is 9.84. The largest absolute Gasteiger partial charge is 0.338 e. The number of carbonyl (C=O) groups excluding carboxylic acids is 3. The molecule has 168 valence electrons. The van der Waals surface area contributed by atoms with Crippen LogP contribution in [-0.4, -0.2) is 54.5 Å². The Morgan fingerprint density at radius 2 is 1.90 bits per heavy atom. The van der Waals surface area contributed by atoms with Crippen LogP contribution >= 0.6 is 0 Å². The van der Waals surface area contributed by atoms with Crippen LogP contribution in [0.2, 0.25) is 0 Å². The topological polar surface area (TPSA) is 90.5 Å². The lowest BCUT2D eigenvalue weighted by Gasteiger charge is -2.48. The third-order valence-electron chi connectivity index (χ3n) is 6.30.